The van der Waals surface area contributed by atoms with E-state index in [-0.39, 0.29) is 24.0 Å². The Morgan fingerprint density at radius 1 is 1.27 bits per heavy atom. The van der Waals surface area contributed by atoms with Crippen molar-refractivity contribution in [3.63, 3.8) is 0 Å². The Balaban J connectivity index is 1.52. The molecule has 0 unspecified atom stereocenters. The molecule has 0 saturated carbocycles. The molecule has 30 heavy (non-hydrogen) atoms. The van der Waals surface area contributed by atoms with Gasteiger partial charge in [-0.2, -0.15) is 10.5 Å². The molecule has 3 rings (SSSR count). The van der Waals surface area contributed by atoms with E-state index in [9.17, 15) is 4.79 Å². The van der Waals surface area contributed by atoms with Crippen molar-refractivity contribution in [2.45, 2.75) is 38.3 Å². The first-order chi connectivity index (χ1) is 14.4. The average molecular weight is 403 g/mol. The molecule has 1 fully saturated rings. The molecule has 1 atom stereocenters. The van der Waals surface area contributed by atoms with Gasteiger partial charge in [-0.3, -0.25) is 4.79 Å². The number of anilines is 1. The summed E-state index contributed by atoms with van der Waals surface area (Å²) in [6, 6.07) is 15.3. The number of nitriles is 2. The van der Waals surface area contributed by atoms with E-state index in [4.69, 9.17) is 10.5 Å². The highest BCUT2D eigenvalue weighted by molar-refractivity contribution is 5.79. The van der Waals surface area contributed by atoms with Gasteiger partial charge >= 0.3 is 0 Å². The van der Waals surface area contributed by atoms with Gasteiger partial charge in [0.25, 0.3) is 0 Å². The number of amides is 1. The van der Waals surface area contributed by atoms with Crippen LogP contribution in [0.3, 0.4) is 0 Å². The molecule has 0 radical (unpaired) electrons. The number of nitrogens with zero attached hydrogens (tertiary/aromatic N) is 4. The van der Waals surface area contributed by atoms with E-state index in [0.29, 0.717) is 18.7 Å². The molecule has 1 amide bonds. The molecule has 1 aliphatic heterocycles. The van der Waals surface area contributed by atoms with Crippen LogP contribution in [0.15, 0.2) is 42.6 Å². The predicted molar refractivity (Wildman–Crippen MR) is 115 cm³/mol. The second-order valence-electron chi connectivity index (χ2n) is 8.09. The summed E-state index contributed by atoms with van der Waals surface area (Å²) in [5, 5.41) is 24.8. The number of hydrogen-bond donors (Lipinski definition) is 2. The summed E-state index contributed by atoms with van der Waals surface area (Å²) in [5.74, 6) is 0.703. The molecule has 0 aliphatic carbocycles. The zero-order valence-corrected chi connectivity index (χ0v) is 17.4. The van der Waals surface area contributed by atoms with Crippen molar-refractivity contribution in [3.8, 4) is 23.3 Å². The maximum absolute atomic E-state index is 12.4. The number of nitrogens with one attached hydrogen (secondary N) is 2. The fourth-order valence-electron chi connectivity index (χ4n) is 3.43. The number of aromatic nitrogens is 1. The molecule has 2 aromatic rings. The smallest absolute Gasteiger partial charge is 0.237 e. The van der Waals surface area contributed by atoms with E-state index in [1.165, 1.54) is 0 Å². The Kier molecular flexibility index (Phi) is 6.66. The van der Waals surface area contributed by atoms with Crippen LogP contribution in [0.2, 0.25) is 0 Å². The maximum atomic E-state index is 12.4. The highest BCUT2D eigenvalue weighted by Crippen LogP contribution is 2.21. The van der Waals surface area contributed by atoms with Gasteiger partial charge in [-0.05, 0) is 56.5 Å². The largest absolute Gasteiger partial charge is 0.368 e. The molecule has 7 nitrogen and oxygen atoms in total. The van der Waals surface area contributed by atoms with Crippen LogP contribution < -0.4 is 10.6 Å². The van der Waals surface area contributed by atoms with Crippen LogP contribution in [0.25, 0.3) is 11.1 Å². The maximum Gasteiger partial charge on any atom is 0.237 e. The molecular formula is C23H26N6O. The van der Waals surface area contributed by atoms with Gasteiger partial charge in [-0.25, -0.2) is 4.98 Å². The first-order valence-electron chi connectivity index (χ1n) is 10.1. The summed E-state index contributed by atoms with van der Waals surface area (Å²) in [5.41, 5.74) is 2.18. The second-order valence-corrected chi connectivity index (χ2v) is 8.09. The Hall–Kier alpha value is -3.42. The van der Waals surface area contributed by atoms with Crippen molar-refractivity contribution in [2.75, 3.05) is 25.0 Å². The molecule has 1 aromatic carbocycles. The van der Waals surface area contributed by atoms with Gasteiger partial charge in [-0.15, -0.1) is 0 Å². The van der Waals surface area contributed by atoms with E-state index >= 15 is 0 Å². The number of benzene rings is 1. The zero-order chi connectivity index (χ0) is 21.6. The van der Waals surface area contributed by atoms with Gasteiger partial charge < -0.3 is 15.5 Å². The lowest BCUT2D eigenvalue weighted by Crippen LogP contribution is -2.50. The molecule has 0 spiro atoms. The lowest BCUT2D eigenvalue weighted by atomic mass is 10.0. The van der Waals surface area contributed by atoms with Crippen LogP contribution in [0.5, 0.6) is 0 Å². The number of carbonyl (C=O) groups is 1. The van der Waals surface area contributed by atoms with Gasteiger partial charge in [0.05, 0.1) is 24.2 Å². The van der Waals surface area contributed by atoms with Crippen molar-refractivity contribution in [1.82, 2.24) is 15.2 Å². The Bertz CT molecular complexity index is 970. The molecule has 1 saturated heterocycles. The van der Waals surface area contributed by atoms with E-state index in [1.807, 2.05) is 44.2 Å². The minimum absolute atomic E-state index is 0.0331. The lowest BCUT2D eigenvalue weighted by Gasteiger charge is -2.28. The molecular weight excluding hydrogens is 376 g/mol. The molecule has 7 heteroatoms. The van der Waals surface area contributed by atoms with Crippen molar-refractivity contribution in [1.29, 1.82) is 10.5 Å². The highest BCUT2D eigenvalue weighted by atomic mass is 16.2. The lowest BCUT2D eigenvalue weighted by molar-refractivity contribution is -0.130. The monoisotopic (exact) mass is 402 g/mol. The number of hydrogen-bond acceptors (Lipinski definition) is 6. The van der Waals surface area contributed by atoms with Crippen LogP contribution in [0.1, 0.15) is 32.3 Å². The topological polar surface area (TPSA) is 105 Å². The number of pyridine rings is 1. The average Bonchev–Trinajstić information content (AvgIpc) is 3.26. The van der Waals surface area contributed by atoms with Gasteiger partial charge in [0.1, 0.15) is 11.9 Å². The van der Waals surface area contributed by atoms with Crippen molar-refractivity contribution in [3.05, 3.63) is 48.2 Å². The first-order valence-corrected chi connectivity index (χ1v) is 10.1. The quantitative estimate of drug-likeness (QED) is 0.738. The van der Waals surface area contributed by atoms with E-state index < -0.39 is 0 Å². The minimum Gasteiger partial charge on any atom is -0.368 e. The number of carbonyl (C=O) groups excluding carboxylic acids is 1. The van der Waals surface area contributed by atoms with Gasteiger partial charge in [0.2, 0.25) is 5.91 Å². The molecule has 2 heterocycles. The second kappa shape index (κ2) is 9.39. The predicted octanol–water partition coefficient (Wildman–Crippen LogP) is 2.91. The summed E-state index contributed by atoms with van der Waals surface area (Å²) < 4.78 is 0. The van der Waals surface area contributed by atoms with Crippen molar-refractivity contribution >= 4 is 11.7 Å². The Labute approximate surface area is 177 Å². The van der Waals surface area contributed by atoms with Crippen LogP contribution in [0, 0.1) is 22.7 Å². The molecule has 1 aliphatic rings. The molecule has 2 N–H and O–H groups in total. The van der Waals surface area contributed by atoms with Gasteiger partial charge in [0, 0.05) is 30.4 Å². The normalized spacial score (nSPS) is 16.0. The van der Waals surface area contributed by atoms with Crippen LogP contribution in [0.4, 0.5) is 5.82 Å². The van der Waals surface area contributed by atoms with Crippen molar-refractivity contribution < 1.29 is 4.79 Å². The van der Waals surface area contributed by atoms with Crippen LogP contribution in [-0.4, -0.2) is 47.0 Å². The molecule has 154 valence electrons. The summed E-state index contributed by atoms with van der Waals surface area (Å²) >= 11 is 0. The highest BCUT2D eigenvalue weighted by Gasteiger charge is 2.29. The van der Waals surface area contributed by atoms with Crippen LogP contribution in [-0.2, 0) is 4.79 Å². The fourth-order valence-corrected chi connectivity index (χ4v) is 3.43. The summed E-state index contributed by atoms with van der Waals surface area (Å²) in [7, 11) is 0. The van der Waals surface area contributed by atoms with E-state index in [2.05, 4.69) is 27.8 Å². The zero-order valence-electron chi connectivity index (χ0n) is 17.4. The third kappa shape index (κ3) is 5.34. The summed E-state index contributed by atoms with van der Waals surface area (Å²) in [6.07, 6.45) is 3.42. The number of likely N-dealkylation sites (tertiary alicyclic amines) is 1. The third-order valence-electron chi connectivity index (χ3n) is 5.24. The van der Waals surface area contributed by atoms with E-state index in [0.717, 1.165) is 29.8 Å². The van der Waals surface area contributed by atoms with Crippen molar-refractivity contribution in [2.24, 2.45) is 0 Å². The Morgan fingerprint density at radius 2 is 2.10 bits per heavy atom. The fraction of sp³-hybridized carbons (Fsp3) is 0.391. The molecule has 1 aromatic heterocycles. The number of rotatable bonds is 7. The third-order valence-corrected chi connectivity index (χ3v) is 5.24. The Morgan fingerprint density at radius 3 is 2.80 bits per heavy atom. The summed E-state index contributed by atoms with van der Waals surface area (Å²) in [4.78, 5) is 18.5. The van der Waals surface area contributed by atoms with Gasteiger partial charge in [-0.1, -0.05) is 12.1 Å². The molecule has 0 bridgehead atoms. The van der Waals surface area contributed by atoms with Crippen LogP contribution >= 0.6 is 0 Å². The first kappa shape index (κ1) is 21.3. The van der Waals surface area contributed by atoms with E-state index in [1.54, 1.807) is 17.2 Å². The minimum atomic E-state index is -0.334. The SMILES string of the molecule is CC(C)(CNc1ccc(-c2cccc(C#N)c2)cn1)NCC(=O)N1CCC[C@H]1C#N. The standard InChI is InChI=1S/C23H26N6O/c1-23(2,28-15-22(30)29-10-4-7-20(29)13-25)16-27-21-9-8-19(14-26-21)18-6-3-5-17(11-18)12-24/h3,5-6,8-9,11,14,20,28H,4,7,10,15-16H2,1-2H3,(H,26,27)/t20-/m0/s1. The van der Waals surface area contributed by atoms with Gasteiger partial charge in [0.15, 0.2) is 0 Å². The summed E-state index contributed by atoms with van der Waals surface area (Å²) in [6.45, 7) is 5.47.